The molecule has 0 radical (unpaired) electrons. The lowest BCUT2D eigenvalue weighted by Gasteiger charge is -2.72. The van der Waals surface area contributed by atoms with Crippen LogP contribution >= 0.6 is 0 Å². The molecule has 4 fully saturated rings. The highest BCUT2D eigenvalue weighted by Gasteiger charge is 2.69. The first kappa shape index (κ1) is 25.3. The van der Waals surface area contributed by atoms with Gasteiger partial charge in [-0.3, -0.25) is 0 Å². The second kappa shape index (κ2) is 7.59. The van der Waals surface area contributed by atoms with Crippen molar-refractivity contribution in [3.8, 4) is 0 Å². The van der Waals surface area contributed by atoms with Gasteiger partial charge >= 0.3 is 0 Å². The third-order valence-electron chi connectivity index (χ3n) is 13.9. The minimum absolute atomic E-state index is 0.00677. The third-order valence-corrected chi connectivity index (χ3v) is 13.9. The second-order valence-corrected chi connectivity index (χ2v) is 15.5. The maximum Gasteiger partial charge on any atom is 0.0709 e. The van der Waals surface area contributed by atoms with E-state index in [4.69, 9.17) is 9.47 Å². The topological polar surface area (TPSA) is 18.5 Å². The Labute approximate surface area is 211 Å². The Bertz CT molecular complexity index is 859. The number of methoxy groups -OCH3 is 2. The Morgan fingerprint density at radius 2 is 1.50 bits per heavy atom. The SMILES string of the molecule is COC1C[C@]2(C)C(=CCC3C4(C)CC[C@H](C)[C@](C)(OC)[C@@H]4CC[C@@]32C)C2CC(C)(C)CC[C@]12C. The molecule has 0 bridgehead atoms. The first-order valence-electron chi connectivity index (χ1n) is 14.5. The molecule has 10 atom stereocenters. The highest BCUT2D eigenvalue weighted by molar-refractivity contribution is 5.34. The molecule has 5 aliphatic carbocycles. The predicted octanol–water partition coefficient (Wildman–Crippen LogP) is 8.45. The van der Waals surface area contributed by atoms with Crippen molar-refractivity contribution in [3.05, 3.63) is 11.6 Å². The van der Waals surface area contributed by atoms with E-state index in [1.165, 1.54) is 57.8 Å². The molecule has 0 aromatic heterocycles. The van der Waals surface area contributed by atoms with Crippen LogP contribution in [0.1, 0.15) is 113 Å². The van der Waals surface area contributed by atoms with Crippen LogP contribution in [0.25, 0.3) is 0 Å². The van der Waals surface area contributed by atoms with Gasteiger partial charge in [0.25, 0.3) is 0 Å². The molecular formula is C32H54O2. The predicted molar refractivity (Wildman–Crippen MR) is 142 cm³/mol. The summed E-state index contributed by atoms with van der Waals surface area (Å²) in [5, 5.41) is 0. The fourth-order valence-electron chi connectivity index (χ4n) is 11.1. The van der Waals surface area contributed by atoms with Crippen molar-refractivity contribution in [2.24, 2.45) is 50.7 Å². The standard InChI is InChI=1S/C32H54O2/c1-21-13-15-29(5)24-12-11-22-23-19-27(2,3)17-18-28(23,4)26(33-9)20-31(22,7)30(24,6)16-14-25(29)32(21,8)34-10/h11,21,23-26H,12-20H2,1-10H3/t21-,23?,24?,25+,26?,28-,29?,30-,31+,32-/m0/s1. The Hall–Kier alpha value is -0.340. The quantitative estimate of drug-likeness (QED) is 0.377. The lowest BCUT2D eigenvalue weighted by atomic mass is 9.33. The van der Waals surface area contributed by atoms with Crippen LogP contribution < -0.4 is 0 Å². The summed E-state index contributed by atoms with van der Waals surface area (Å²) in [4.78, 5) is 0. The third kappa shape index (κ3) is 3.00. The monoisotopic (exact) mass is 470 g/mol. The molecule has 0 saturated heterocycles. The van der Waals surface area contributed by atoms with E-state index in [1.54, 1.807) is 0 Å². The van der Waals surface area contributed by atoms with E-state index < -0.39 is 0 Å². The Kier molecular flexibility index (Phi) is 5.65. The van der Waals surface area contributed by atoms with Crippen molar-refractivity contribution >= 4 is 0 Å². The van der Waals surface area contributed by atoms with Gasteiger partial charge in [-0.05, 0) is 110 Å². The van der Waals surface area contributed by atoms with Gasteiger partial charge in [-0.25, -0.2) is 0 Å². The van der Waals surface area contributed by atoms with Crippen LogP contribution in [0, 0.1) is 50.7 Å². The molecule has 5 rings (SSSR count). The van der Waals surface area contributed by atoms with Crippen molar-refractivity contribution in [2.75, 3.05) is 14.2 Å². The van der Waals surface area contributed by atoms with E-state index in [9.17, 15) is 0 Å². The molecule has 0 aliphatic heterocycles. The smallest absolute Gasteiger partial charge is 0.0709 e. The lowest BCUT2D eigenvalue weighted by Crippen LogP contribution is -2.67. The van der Waals surface area contributed by atoms with Crippen molar-refractivity contribution in [3.63, 3.8) is 0 Å². The number of hydrogen-bond donors (Lipinski definition) is 0. The van der Waals surface area contributed by atoms with Crippen molar-refractivity contribution in [1.82, 2.24) is 0 Å². The van der Waals surface area contributed by atoms with Crippen molar-refractivity contribution in [1.29, 1.82) is 0 Å². The van der Waals surface area contributed by atoms with Gasteiger partial charge in [0.1, 0.15) is 0 Å². The highest BCUT2D eigenvalue weighted by Crippen LogP contribution is 2.75. The first-order chi connectivity index (χ1) is 15.7. The molecular weight excluding hydrogens is 416 g/mol. The normalized spacial score (nSPS) is 56.4. The van der Waals surface area contributed by atoms with E-state index in [-0.39, 0.29) is 16.4 Å². The molecule has 194 valence electrons. The molecule has 34 heavy (non-hydrogen) atoms. The summed E-state index contributed by atoms with van der Waals surface area (Å²) in [7, 11) is 3.98. The molecule has 0 spiro atoms. The van der Waals surface area contributed by atoms with Gasteiger partial charge in [-0.2, -0.15) is 0 Å². The number of allylic oxidation sites excluding steroid dienone is 2. The van der Waals surface area contributed by atoms with Crippen LogP contribution in [0.15, 0.2) is 11.6 Å². The van der Waals surface area contributed by atoms with Gasteiger partial charge in [-0.15, -0.1) is 0 Å². The second-order valence-electron chi connectivity index (χ2n) is 15.5. The fraction of sp³-hybridized carbons (Fsp3) is 0.938. The summed E-state index contributed by atoms with van der Waals surface area (Å²) >= 11 is 0. The summed E-state index contributed by atoms with van der Waals surface area (Å²) in [6.07, 6.45) is 14.9. The maximum atomic E-state index is 6.42. The Morgan fingerprint density at radius 1 is 0.794 bits per heavy atom. The molecule has 4 saturated carbocycles. The van der Waals surface area contributed by atoms with Gasteiger partial charge in [0.2, 0.25) is 0 Å². The highest BCUT2D eigenvalue weighted by atomic mass is 16.5. The average Bonchev–Trinajstić information content (AvgIpc) is 2.77. The minimum atomic E-state index is 0.00677. The molecule has 0 amide bonds. The Morgan fingerprint density at radius 3 is 2.15 bits per heavy atom. The summed E-state index contributed by atoms with van der Waals surface area (Å²) < 4.78 is 12.8. The van der Waals surface area contributed by atoms with Gasteiger partial charge in [0, 0.05) is 19.6 Å². The van der Waals surface area contributed by atoms with Crippen LogP contribution in [-0.2, 0) is 9.47 Å². The van der Waals surface area contributed by atoms with E-state index in [2.05, 4.69) is 61.5 Å². The molecule has 0 N–H and O–H groups in total. The van der Waals surface area contributed by atoms with E-state index in [0.717, 1.165) is 5.92 Å². The zero-order valence-corrected chi connectivity index (χ0v) is 24.1. The minimum Gasteiger partial charge on any atom is -0.381 e. The molecule has 5 aliphatic rings. The zero-order chi connectivity index (χ0) is 24.9. The summed E-state index contributed by atoms with van der Waals surface area (Å²) in [6, 6.07) is 0. The number of fused-ring (bicyclic) bond motifs is 7. The average molecular weight is 471 g/mol. The number of rotatable bonds is 2. The van der Waals surface area contributed by atoms with Crippen molar-refractivity contribution < 1.29 is 9.47 Å². The molecule has 0 aromatic rings. The molecule has 2 nitrogen and oxygen atoms in total. The van der Waals surface area contributed by atoms with E-state index in [1.807, 2.05) is 19.8 Å². The number of hydrogen-bond acceptors (Lipinski definition) is 2. The van der Waals surface area contributed by atoms with Crippen LogP contribution in [0.4, 0.5) is 0 Å². The summed E-state index contributed by atoms with van der Waals surface area (Å²) in [5.74, 6) is 2.70. The Balaban J connectivity index is 1.61. The summed E-state index contributed by atoms with van der Waals surface area (Å²) in [5.41, 5.74) is 3.47. The van der Waals surface area contributed by atoms with Gasteiger partial charge in [-0.1, -0.05) is 60.1 Å². The maximum absolute atomic E-state index is 6.42. The molecule has 0 heterocycles. The fourth-order valence-corrected chi connectivity index (χ4v) is 11.1. The van der Waals surface area contributed by atoms with Crippen LogP contribution in [0.2, 0.25) is 0 Å². The van der Waals surface area contributed by atoms with Gasteiger partial charge in [0.05, 0.1) is 11.7 Å². The number of ether oxygens (including phenoxy) is 2. The van der Waals surface area contributed by atoms with Crippen LogP contribution in [0.5, 0.6) is 0 Å². The van der Waals surface area contributed by atoms with E-state index >= 15 is 0 Å². The van der Waals surface area contributed by atoms with Crippen LogP contribution in [-0.4, -0.2) is 25.9 Å². The molecule has 4 unspecified atom stereocenters. The van der Waals surface area contributed by atoms with Crippen LogP contribution in [0.3, 0.4) is 0 Å². The molecule has 0 aromatic carbocycles. The zero-order valence-electron chi connectivity index (χ0n) is 24.1. The largest absolute Gasteiger partial charge is 0.381 e. The lowest BCUT2D eigenvalue weighted by molar-refractivity contribution is -0.234. The summed E-state index contributed by atoms with van der Waals surface area (Å²) in [6.45, 7) is 20.5. The first-order valence-corrected chi connectivity index (χ1v) is 14.5. The van der Waals surface area contributed by atoms with Gasteiger partial charge in [0.15, 0.2) is 0 Å². The van der Waals surface area contributed by atoms with Crippen molar-refractivity contribution in [2.45, 2.75) is 125 Å². The van der Waals surface area contributed by atoms with E-state index in [0.29, 0.717) is 40.1 Å². The van der Waals surface area contributed by atoms with Gasteiger partial charge < -0.3 is 9.47 Å². The molecule has 2 heteroatoms.